The number of hydrazone groups is 1. The average Bonchev–Trinajstić information content (AvgIpc) is 3.23. The number of carbonyl (C=O) groups is 2. The third-order valence-electron chi connectivity index (χ3n) is 4.58. The SMILES string of the molecule is CCS(=O)(=O)C1=NN2C(=N)/C(=C\c3ccc(OC(=O)c4ccccc4Cl)cc3)C(=O)N=C2S1. The van der Waals surface area contributed by atoms with Crippen molar-refractivity contribution >= 4 is 66.5 Å². The Morgan fingerprint density at radius 1 is 1.21 bits per heavy atom. The number of ether oxygens (including phenoxy) is 1. The number of amides is 1. The maximum atomic E-state index is 12.5. The molecule has 0 saturated carbocycles. The van der Waals surface area contributed by atoms with Crippen molar-refractivity contribution in [2.24, 2.45) is 10.1 Å². The van der Waals surface area contributed by atoms with E-state index < -0.39 is 21.7 Å². The van der Waals surface area contributed by atoms with Crippen molar-refractivity contribution in [3.05, 3.63) is 70.3 Å². The Morgan fingerprint density at radius 2 is 1.91 bits per heavy atom. The van der Waals surface area contributed by atoms with Crippen LogP contribution in [-0.2, 0) is 14.6 Å². The number of rotatable bonds is 4. The first kappa shape index (κ1) is 22.9. The Bertz CT molecular complexity index is 1380. The van der Waals surface area contributed by atoms with Crippen LogP contribution in [0.5, 0.6) is 5.75 Å². The van der Waals surface area contributed by atoms with Crippen LogP contribution in [0, 0.1) is 5.41 Å². The minimum absolute atomic E-state index is 0.0241. The van der Waals surface area contributed by atoms with Gasteiger partial charge in [0.15, 0.2) is 5.84 Å². The average molecular weight is 503 g/mol. The third kappa shape index (κ3) is 4.61. The zero-order chi connectivity index (χ0) is 23.8. The Labute approximate surface area is 198 Å². The van der Waals surface area contributed by atoms with Gasteiger partial charge in [0.1, 0.15) is 5.75 Å². The summed E-state index contributed by atoms with van der Waals surface area (Å²) in [4.78, 5) is 28.6. The van der Waals surface area contributed by atoms with Gasteiger partial charge in [0.05, 0.1) is 21.9 Å². The predicted octanol–water partition coefficient (Wildman–Crippen LogP) is 3.57. The van der Waals surface area contributed by atoms with Gasteiger partial charge in [-0.2, -0.15) is 10.0 Å². The first-order valence-corrected chi connectivity index (χ1v) is 12.3. The maximum absolute atomic E-state index is 12.5. The van der Waals surface area contributed by atoms with Crippen LogP contribution in [0.4, 0.5) is 0 Å². The highest BCUT2D eigenvalue weighted by Crippen LogP contribution is 2.30. The topological polar surface area (TPSA) is 129 Å². The van der Waals surface area contributed by atoms with E-state index in [0.717, 1.165) is 16.8 Å². The second-order valence-electron chi connectivity index (χ2n) is 6.73. The molecule has 1 N–H and O–H groups in total. The molecule has 9 nitrogen and oxygen atoms in total. The molecule has 2 aromatic rings. The van der Waals surface area contributed by atoms with Crippen molar-refractivity contribution in [1.29, 1.82) is 5.41 Å². The second-order valence-corrected chi connectivity index (χ2v) is 10.5. The molecule has 0 spiro atoms. The molecule has 0 radical (unpaired) electrons. The number of carbonyl (C=O) groups excluding carboxylic acids is 2. The van der Waals surface area contributed by atoms with Crippen LogP contribution in [0.2, 0.25) is 5.02 Å². The molecule has 0 saturated heterocycles. The van der Waals surface area contributed by atoms with E-state index in [9.17, 15) is 18.0 Å². The van der Waals surface area contributed by atoms with Gasteiger partial charge in [-0.1, -0.05) is 42.8 Å². The van der Waals surface area contributed by atoms with E-state index >= 15 is 0 Å². The van der Waals surface area contributed by atoms with Gasteiger partial charge in [0.25, 0.3) is 5.91 Å². The van der Waals surface area contributed by atoms with Gasteiger partial charge in [-0.3, -0.25) is 10.2 Å². The van der Waals surface area contributed by atoms with Gasteiger partial charge in [-0.25, -0.2) is 13.2 Å². The van der Waals surface area contributed by atoms with Gasteiger partial charge in [0.2, 0.25) is 19.4 Å². The Kier molecular flexibility index (Phi) is 6.19. The number of nitrogens with one attached hydrogen (secondary N) is 1. The van der Waals surface area contributed by atoms with E-state index in [-0.39, 0.29) is 43.0 Å². The van der Waals surface area contributed by atoms with E-state index in [0.29, 0.717) is 5.56 Å². The van der Waals surface area contributed by atoms with Crippen LogP contribution in [0.1, 0.15) is 22.8 Å². The summed E-state index contributed by atoms with van der Waals surface area (Å²) in [6.45, 7) is 1.48. The number of aliphatic imine (C=N–C) groups is 1. The smallest absolute Gasteiger partial charge is 0.345 e. The number of hydrogen-bond donors (Lipinski definition) is 1. The lowest BCUT2D eigenvalue weighted by Crippen LogP contribution is -2.35. The quantitative estimate of drug-likeness (QED) is 0.384. The number of nitrogens with zero attached hydrogens (tertiary/aromatic N) is 3. The Balaban J connectivity index is 1.54. The van der Waals surface area contributed by atoms with E-state index in [1.54, 1.807) is 36.4 Å². The highest BCUT2D eigenvalue weighted by molar-refractivity contribution is 8.42. The number of amidine groups is 2. The van der Waals surface area contributed by atoms with Crippen LogP contribution < -0.4 is 4.74 Å². The highest BCUT2D eigenvalue weighted by Gasteiger charge is 2.39. The van der Waals surface area contributed by atoms with E-state index in [1.165, 1.54) is 25.1 Å². The molecule has 168 valence electrons. The first-order valence-electron chi connectivity index (χ1n) is 9.49. The minimum atomic E-state index is -3.60. The number of hydrogen-bond acceptors (Lipinski definition) is 8. The fourth-order valence-electron chi connectivity index (χ4n) is 2.81. The van der Waals surface area contributed by atoms with Gasteiger partial charge >= 0.3 is 5.97 Å². The van der Waals surface area contributed by atoms with Gasteiger partial charge < -0.3 is 4.74 Å². The number of thioether (sulfide) groups is 1. The molecule has 2 aromatic carbocycles. The molecule has 0 unspecified atom stereocenters. The van der Waals surface area contributed by atoms with E-state index in [4.69, 9.17) is 21.7 Å². The number of halogens is 1. The molecule has 33 heavy (non-hydrogen) atoms. The number of benzene rings is 2. The van der Waals surface area contributed by atoms with Crippen molar-refractivity contribution in [2.75, 3.05) is 5.75 Å². The van der Waals surface area contributed by atoms with Crippen molar-refractivity contribution < 1.29 is 22.7 Å². The molecule has 12 heteroatoms. The van der Waals surface area contributed by atoms with E-state index in [2.05, 4.69) is 10.1 Å². The zero-order valence-corrected chi connectivity index (χ0v) is 19.4. The second kappa shape index (κ2) is 8.93. The molecule has 0 fully saturated rings. The molecule has 0 atom stereocenters. The molecule has 0 bridgehead atoms. The molecule has 2 heterocycles. The van der Waals surface area contributed by atoms with Crippen LogP contribution in [0.25, 0.3) is 6.08 Å². The van der Waals surface area contributed by atoms with Crippen molar-refractivity contribution in [1.82, 2.24) is 5.01 Å². The monoisotopic (exact) mass is 502 g/mol. The molecular weight excluding hydrogens is 488 g/mol. The van der Waals surface area contributed by atoms with Crippen LogP contribution in [0.3, 0.4) is 0 Å². The summed E-state index contributed by atoms with van der Waals surface area (Å²) in [5.41, 5.74) is 0.712. The normalized spacial score (nSPS) is 17.0. The van der Waals surface area contributed by atoms with Crippen molar-refractivity contribution in [3.8, 4) is 5.75 Å². The largest absolute Gasteiger partial charge is 0.423 e. The van der Waals surface area contributed by atoms with Gasteiger partial charge in [-0.05, 0) is 47.7 Å². The van der Waals surface area contributed by atoms with Gasteiger partial charge in [-0.15, -0.1) is 5.10 Å². The fourth-order valence-corrected chi connectivity index (χ4v) is 5.19. The number of sulfone groups is 1. The van der Waals surface area contributed by atoms with E-state index in [1.807, 2.05) is 0 Å². The molecule has 2 aliphatic rings. The Hall–Kier alpha value is -3.28. The summed E-state index contributed by atoms with van der Waals surface area (Å²) in [6, 6.07) is 12.8. The summed E-state index contributed by atoms with van der Waals surface area (Å²) in [6.07, 6.45) is 1.43. The third-order valence-corrected chi connectivity index (χ3v) is 8.00. The van der Waals surface area contributed by atoms with Gasteiger partial charge in [0, 0.05) is 0 Å². The first-order chi connectivity index (χ1) is 15.7. The summed E-state index contributed by atoms with van der Waals surface area (Å²) in [5, 5.41) is 13.6. The standard InChI is InChI=1S/C21H15ClN4O5S2/c1-2-33(29,30)21-25-26-17(23)15(18(27)24-20(26)32-21)11-12-7-9-13(10-8-12)31-19(28)14-5-3-4-6-16(14)22/h3-11,23H,2H2,1H3/b15-11+,23-17?. The zero-order valence-electron chi connectivity index (χ0n) is 17.0. The molecule has 4 rings (SSSR count). The highest BCUT2D eigenvalue weighted by atomic mass is 35.5. The molecule has 1 amide bonds. The number of esters is 1. The summed E-state index contributed by atoms with van der Waals surface area (Å²) in [7, 11) is -3.60. The predicted molar refractivity (Wildman–Crippen MR) is 127 cm³/mol. The van der Waals surface area contributed by atoms with Crippen molar-refractivity contribution in [2.45, 2.75) is 6.92 Å². The summed E-state index contributed by atoms with van der Waals surface area (Å²) in [5.74, 6) is -1.47. The summed E-state index contributed by atoms with van der Waals surface area (Å²) >= 11 is 6.75. The molecular formula is C21H15ClN4O5S2. The molecule has 2 aliphatic heterocycles. The Morgan fingerprint density at radius 3 is 2.58 bits per heavy atom. The van der Waals surface area contributed by atoms with Crippen LogP contribution in [-0.4, -0.2) is 46.4 Å². The molecule has 0 aromatic heterocycles. The molecule has 0 aliphatic carbocycles. The lowest BCUT2D eigenvalue weighted by atomic mass is 10.1. The van der Waals surface area contributed by atoms with Crippen LogP contribution in [0.15, 0.2) is 64.2 Å². The van der Waals surface area contributed by atoms with Crippen LogP contribution >= 0.6 is 23.4 Å². The fraction of sp³-hybridized carbons (Fsp3) is 0.0952. The lowest BCUT2D eigenvalue weighted by Gasteiger charge is -2.20. The summed E-state index contributed by atoms with van der Waals surface area (Å²) < 4.78 is 29.3. The van der Waals surface area contributed by atoms with Crippen molar-refractivity contribution in [3.63, 3.8) is 0 Å². The number of fused-ring (bicyclic) bond motifs is 1. The lowest BCUT2D eigenvalue weighted by molar-refractivity contribution is -0.114. The maximum Gasteiger partial charge on any atom is 0.345 e. The minimum Gasteiger partial charge on any atom is -0.423 e.